The van der Waals surface area contributed by atoms with E-state index >= 15 is 0 Å². The lowest BCUT2D eigenvalue weighted by molar-refractivity contribution is 0.281. The van der Waals surface area contributed by atoms with Crippen LogP contribution in [0.15, 0.2) is 23.1 Å². The van der Waals surface area contributed by atoms with Gasteiger partial charge in [0.1, 0.15) is 0 Å². The third-order valence-corrected chi connectivity index (χ3v) is 5.68. The van der Waals surface area contributed by atoms with Gasteiger partial charge in [0.15, 0.2) is 0 Å². The molecular weight excluding hydrogens is 262 g/mol. The molecule has 19 heavy (non-hydrogen) atoms. The number of sulfonamides is 1. The number of hydrogen-bond acceptors (Lipinski definition) is 3. The van der Waals surface area contributed by atoms with Crippen molar-refractivity contribution in [1.29, 1.82) is 0 Å². The minimum Gasteiger partial charge on any atom is -0.392 e. The first-order chi connectivity index (χ1) is 8.76. The third kappa shape index (κ3) is 2.83. The summed E-state index contributed by atoms with van der Waals surface area (Å²) in [5, 5.41) is 9.16. The third-order valence-electron chi connectivity index (χ3n) is 3.70. The van der Waals surface area contributed by atoms with Crippen molar-refractivity contribution < 1.29 is 13.5 Å². The van der Waals surface area contributed by atoms with Gasteiger partial charge in [0.05, 0.1) is 11.5 Å². The summed E-state index contributed by atoms with van der Waals surface area (Å²) in [5.41, 5.74) is 1.39. The summed E-state index contributed by atoms with van der Waals surface area (Å²) in [6.07, 6.45) is 0.880. The van der Waals surface area contributed by atoms with Gasteiger partial charge in [-0.2, -0.15) is 4.31 Å². The van der Waals surface area contributed by atoms with Crippen LogP contribution in [-0.4, -0.2) is 30.9 Å². The molecule has 0 unspecified atom stereocenters. The average molecular weight is 283 g/mol. The van der Waals surface area contributed by atoms with Crippen LogP contribution in [0.5, 0.6) is 0 Å². The molecule has 0 bridgehead atoms. The van der Waals surface area contributed by atoms with Crippen molar-refractivity contribution in [1.82, 2.24) is 4.31 Å². The number of hydrogen-bond donors (Lipinski definition) is 1. The second kappa shape index (κ2) is 4.89. The number of aryl methyl sites for hydroxylation is 1. The normalized spacial score (nSPS) is 19.8. The van der Waals surface area contributed by atoms with Crippen LogP contribution in [0.2, 0.25) is 0 Å². The molecule has 106 valence electrons. The summed E-state index contributed by atoms with van der Waals surface area (Å²) in [6, 6.07) is 5.08. The van der Waals surface area contributed by atoms with E-state index in [0.717, 1.165) is 12.0 Å². The quantitative estimate of drug-likeness (QED) is 0.922. The van der Waals surface area contributed by atoms with Crippen molar-refractivity contribution in [3.8, 4) is 0 Å². The molecule has 1 saturated heterocycles. The van der Waals surface area contributed by atoms with Gasteiger partial charge in [-0.15, -0.1) is 0 Å². The number of rotatable bonds is 3. The van der Waals surface area contributed by atoms with Crippen molar-refractivity contribution in [2.75, 3.05) is 13.1 Å². The lowest BCUT2D eigenvalue weighted by Gasteiger charge is -2.21. The summed E-state index contributed by atoms with van der Waals surface area (Å²) in [7, 11) is -3.45. The molecule has 0 spiro atoms. The van der Waals surface area contributed by atoms with Gasteiger partial charge >= 0.3 is 0 Å². The second-order valence-corrected chi connectivity index (χ2v) is 7.92. The minimum atomic E-state index is -3.45. The van der Waals surface area contributed by atoms with Gasteiger partial charge in [-0.25, -0.2) is 8.42 Å². The zero-order chi connectivity index (χ0) is 14.3. The van der Waals surface area contributed by atoms with Crippen LogP contribution in [0.1, 0.15) is 31.4 Å². The molecule has 0 aliphatic carbocycles. The second-order valence-electron chi connectivity index (χ2n) is 6.01. The highest BCUT2D eigenvalue weighted by atomic mass is 32.2. The van der Waals surface area contributed by atoms with E-state index in [4.69, 9.17) is 5.11 Å². The Morgan fingerprint density at radius 3 is 2.58 bits per heavy atom. The van der Waals surface area contributed by atoms with Crippen LogP contribution in [0.3, 0.4) is 0 Å². The maximum absolute atomic E-state index is 12.7. The molecule has 0 aromatic heterocycles. The van der Waals surface area contributed by atoms with E-state index < -0.39 is 10.0 Å². The average Bonchev–Trinajstić information content (AvgIpc) is 2.71. The Morgan fingerprint density at radius 2 is 2.05 bits per heavy atom. The first-order valence-corrected chi connectivity index (χ1v) is 7.91. The summed E-state index contributed by atoms with van der Waals surface area (Å²) in [6.45, 7) is 6.93. The highest BCUT2D eigenvalue weighted by molar-refractivity contribution is 7.89. The van der Waals surface area contributed by atoms with E-state index in [1.807, 2.05) is 0 Å². The zero-order valence-corrected chi connectivity index (χ0v) is 12.5. The number of benzene rings is 1. The fourth-order valence-corrected chi connectivity index (χ4v) is 4.33. The van der Waals surface area contributed by atoms with Gasteiger partial charge < -0.3 is 5.11 Å². The van der Waals surface area contributed by atoms with Gasteiger partial charge in [-0.3, -0.25) is 0 Å². The van der Waals surface area contributed by atoms with Crippen LogP contribution in [-0.2, 0) is 16.6 Å². The Bertz CT molecular complexity index is 578. The van der Waals surface area contributed by atoms with Crippen LogP contribution >= 0.6 is 0 Å². The summed E-state index contributed by atoms with van der Waals surface area (Å²) < 4.78 is 26.9. The van der Waals surface area contributed by atoms with Crippen LogP contribution in [0.25, 0.3) is 0 Å². The molecule has 0 atom stereocenters. The van der Waals surface area contributed by atoms with Gasteiger partial charge in [0.25, 0.3) is 0 Å². The van der Waals surface area contributed by atoms with Crippen molar-refractivity contribution >= 4 is 10.0 Å². The molecule has 1 heterocycles. The lowest BCUT2D eigenvalue weighted by atomic mass is 9.93. The molecule has 1 aliphatic rings. The molecule has 1 N–H and O–H groups in total. The Kier molecular flexibility index (Phi) is 3.73. The van der Waals surface area contributed by atoms with E-state index in [2.05, 4.69) is 13.8 Å². The van der Waals surface area contributed by atoms with Crippen molar-refractivity contribution in [3.05, 3.63) is 29.3 Å². The van der Waals surface area contributed by atoms with Gasteiger partial charge in [0, 0.05) is 13.1 Å². The first-order valence-electron chi connectivity index (χ1n) is 6.47. The Hall–Kier alpha value is -0.910. The Morgan fingerprint density at radius 1 is 1.37 bits per heavy atom. The standard InChI is InChI=1S/C14H21NO3S/c1-11-4-5-12(9-16)8-13(11)19(17,18)15-7-6-14(2,3)10-15/h4-5,8,16H,6-7,9-10H2,1-3H3. The van der Waals surface area contributed by atoms with E-state index in [1.54, 1.807) is 29.4 Å². The van der Waals surface area contributed by atoms with E-state index in [0.29, 0.717) is 23.5 Å². The monoisotopic (exact) mass is 283 g/mol. The van der Waals surface area contributed by atoms with Crippen molar-refractivity contribution in [2.45, 2.75) is 38.7 Å². The number of aliphatic hydroxyl groups excluding tert-OH is 1. The van der Waals surface area contributed by atoms with E-state index in [1.165, 1.54) is 0 Å². The Labute approximate surface area is 115 Å². The molecule has 1 aliphatic heterocycles. The zero-order valence-electron chi connectivity index (χ0n) is 11.7. The molecule has 2 rings (SSSR count). The van der Waals surface area contributed by atoms with Crippen LogP contribution < -0.4 is 0 Å². The smallest absolute Gasteiger partial charge is 0.243 e. The predicted octanol–water partition coefficient (Wildman–Crippen LogP) is 1.91. The maximum Gasteiger partial charge on any atom is 0.243 e. The first kappa shape index (κ1) is 14.5. The topological polar surface area (TPSA) is 57.6 Å². The number of aliphatic hydroxyl groups is 1. The van der Waals surface area contributed by atoms with Crippen LogP contribution in [0, 0.1) is 12.3 Å². The molecule has 4 nitrogen and oxygen atoms in total. The van der Waals surface area contributed by atoms with Crippen LogP contribution in [0.4, 0.5) is 0 Å². The molecule has 1 aromatic rings. The van der Waals surface area contributed by atoms with E-state index in [9.17, 15) is 8.42 Å². The fourth-order valence-electron chi connectivity index (χ4n) is 2.43. The largest absolute Gasteiger partial charge is 0.392 e. The molecule has 1 aromatic carbocycles. The fraction of sp³-hybridized carbons (Fsp3) is 0.571. The van der Waals surface area contributed by atoms with Crippen molar-refractivity contribution in [2.24, 2.45) is 5.41 Å². The Balaban J connectivity index is 2.40. The summed E-state index contributed by atoms with van der Waals surface area (Å²) >= 11 is 0. The molecule has 0 radical (unpaired) electrons. The minimum absolute atomic E-state index is 0.0373. The number of nitrogens with zero attached hydrogens (tertiary/aromatic N) is 1. The maximum atomic E-state index is 12.7. The van der Waals surface area contributed by atoms with Crippen molar-refractivity contribution in [3.63, 3.8) is 0 Å². The molecular formula is C14H21NO3S. The molecule has 0 saturated carbocycles. The molecule has 1 fully saturated rings. The highest BCUT2D eigenvalue weighted by Crippen LogP contribution is 2.33. The SMILES string of the molecule is Cc1ccc(CO)cc1S(=O)(=O)N1CCC(C)(C)C1. The van der Waals surface area contributed by atoms with Gasteiger partial charge in [-0.05, 0) is 36.0 Å². The predicted molar refractivity (Wildman–Crippen MR) is 74.3 cm³/mol. The lowest BCUT2D eigenvalue weighted by Crippen LogP contribution is -2.31. The summed E-state index contributed by atoms with van der Waals surface area (Å²) in [5.74, 6) is 0. The summed E-state index contributed by atoms with van der Waals surface area (Å²) in [4.78, 5) is 0.316. The molecule has 0 amide bonds. The molecule has 5 heteroatoms. The van der Waals surface area contributed by atoms with E-state index in [-0.39, 0.29) is 12.0 Å². The van der Waals surface area contributed by atoms with Gasteiger partial charge in [0.2, 0.25) is 10.0 Å². The van der Waals surface area contributed by atoms with Gasteiger partial charge in [-0.1, -0.05) is 26.0 Å². The highest BCUT2D eigenvalue weighted by Gasteiger charge is 2.37.